The van der Waals surface area contributed by atoms with Crippen molar-refractivity contribution in [2.24, 2.45) is 11.8 Å². The van der Waals surface area contributed by atoms with Crippen LogP contribution in [0.5, 0.6) is 0 Å². The van der Waals surface area contributed by atoms with Crippen LogP contribution in [0.3, 0.4) is 0 Å². The van der Waals surface area contributed by atoms with E-state index >= 15 is 0 Å². The number of aliphatic hydroxyl groups excluding tert-OH is 2. The predicted molar refractivity (Wildman–Crippen MR) is 189 cm³/mol. The maximum absolute atomic E-state index is 13.4. The molecule has 0 radical (unpaired) electrons. The van der Waals surface area contributed by atoms with Crippen LogP contribution in [-0.2, 0) is 19.0 Å². The monoisotopic (exact) mass is 703 g/mol. The van der Waals surface area contributed by atoms with Gasteiger partial charge in [0.2, 0.25) is 0 Å². The topological polar surface area (TPSA) is 149 Å². The highest BCUT2D eigenvalue weighted by molar-refractivity contribution is 5.70. The van der Waals surface area contributed by atoms with Crippen LogP contribution in [0.25, 0.3) is 0 Å². The number of piperazine rings is 1. The molecule has 3 fully saturated rings. The van der Waals surface area contributed by atoms with E-state index in [0.717, 1.165) is 18.7 Å². The minimum absolute atomic E-state index is 0.0840. The zero-order valence-corrected chi connectivity index (χ0v) is 30.6. The zero-order valence-electron chi connectivity index (χ0n) is 30.6. The molecule has 12 heteroatoms. The van der Waals surface area contributed by atoms with E-state index in [1.165, 1.54) is 43.4 Å². The van der Waals surface area contributed by atoms with Crippen LogP contribution in [0.1, 0.15) is 91.9 Å². The summed E-state index contributed by atoms with van der Waals surface area (Å²) in [5, 5.41) is 31.8. The van der Waals surface area contributed by atoms with Gasteiger partial charge in [-0.2, -0.15) is 0 Å². The number of rotatable bonds is 7. The number of aliphatic hydroxyl groups is 3. The normalized spacial score (nSPS) is 32.8. The molecule has 1 unspecified atom stereocenters. The lowest BCUT2D eigenvalue weighted by atomic mass is 9.89. The summed E-state index contributed by atoms with van der Waals surface area (Å²) in [6.07, 6.45) is 13.1. The van der Waals surface area contributed by atoms with Gasteiger partial charge >= 0.3 is 18.2 Å². The van der Waals surface area contributed by atoms with E-state index in [2.05, 4.69) is 4.90 Å². The zero-order chi connectivity index (χ0) is 36.3. The Morgan fingerprint density at radius 3 is 2.34 bits per heavy atom. The lowest BCUT2D eigenvalue weighted by Gasteiger charge is -2.40. The van der Waals surface area contributed by atoms with Crippen molar-refractivity contribution < 1.29 is 43.9 Å². The SMILES string of the molecule is C/C(=C\C=C\C(C)COC(=O)N1CC[C@@H](O)C1)[C@H]1OC(=O)C[C@@H](O)CC[C@](C)(O)[C@@H](OC(=O)N2CCN(C3CCCCCC3)CC2)/C=C/[C@@H]1C. The fourth-order valence-corrected chi connectivity index (χ4v) is 7.28. The Kier molecular flexibility index (Phi) is 15.2. The molecule has 282 valence electrons. The summed E-state index contributed by atoms with van der Waals surface area (Å²) in [6, 6.07) is 0.581. The van der Waals surface area contributed by atoms with Gasteiger partial charge in [-0.3, -0.25) is 9.69 Å². The first-order valence-corrected chi connectivity index (χ1v) is 18.7. The third kappa shape index (κ3) is 12.1. The van der Waals surface area contributed by atoms with Gasteiger partial charge < -0.3 is 39.3 Å². The third-order valence-electron chi connectivity index (χ3n) is 10.6. The number of nitrogens with zero attached hydrogens (tertiary/aromatic N) is 3. The molecule has 3 N–H and O–H groups in total. The minimum Gasteiger partial charge on any atom is -0.457 e. The summed E-state index contributed by atoms with van der Waals surface area (Å²) >= 11 is 0. The third-order valence-corrected chi connectivity index (χ3v) is 10.6. The van der Waals surface area contributed by atoms with Crippen LogP contribution in [0.4, 0.5) is 9.59 Å². The molecule has 1 saturated carbocycles. The molecular formula is C38H61N3O9. The molecule has 0 bridgehead atoms. The number of carbonyl (C=O) groups is 3. The molecule has 50 heavy (non-hydrogen) atoms. The molecule has 2 saturated heterocycles. The predicted octanol–water partition coefficient (Wildman–Crippen LogP) is 4.57. The van der Waals surface area contributed by atoms with E-state index in [-0.39, 0.29) is 44.2 Å². The molecule has 3 heterocycles. The molecule has 3 aliphatic heterocycles. The van der Waals surface area contributed by atoms with Gasteiger partial charge in [0.25, 0.3) is 0 Å². The number of ether oxygens (including phenoxy) is 3. The lowest BCUT2D eigenvalue weighted by molar-refractivity contribution is -0.151. The number of hydrogen-bond acceptors (Lipinski definition) is 10. The van der Waals surface area contributed by atoms with Crippen molar-refractivity contribution in [1.29, 1.82) is 0 Å². The van der Waals surface area contributed by atoms with Crippen LogP contribution >= 0.6 is 0 Å². The summed E-state index contributed by atoms with van der Waals surface area (Å²) in [7, 11) is 0. The smallest absolute Gasteiger partial charge is 0.410 e. The quantitative estimate of drug-likeness (QED) is 0.113. The largest absolute Gasteiger partial charge is 0.457 e. The second-order valence-electron chi connectivity index (χ2n) is 15.1. The molecule has 0 spiro atoms. The Morgan fingerprint density at radius 2 is 1.68 bits per heavy atom. The standard InChI is InChI=1S/C38H61N3O9/c1-27(26-48-36(45)41-19-17-32(43)25-41)10-9-11-28(2)35-29(3)14-15-33(38(4,47)18-16-31(42)24-34(44)50-35)49-37(46)40-22-20-39(21-23-40)30-12-7-5-6-8-13-30/h9-11,14-15,27,29-33,35,42-43,47H,5-8,12-13,16-26H2,1-4H3/b10-9+,15-14+,28-11+/t27?,29-,31-,32+,33-,35+,38-/m0/s1. The number of cyclic esters (lactones) is 1. The Bertz CT molecular complexity index is 1200. The van der Waals surface area contributed by atoms with Gasteiger partial charge in [0, 0.05) is 57.1 Å². The van der Waals surface area contributed by atoms with E-state index < -0.39 is 48.2 Å². The molecule has 7 atom stereocenters. The highest BCUT2D eigenvalue weighted by Crippen LogP contribution is 2.28. The number of allylic oxidation sites excluding steroid dienone is 2. The van der Waals surface area contributed by atoms with E-state index in [0.29, 0.717) is 32.1 Å². The van der Waals surface area contributed by atoms with Crippen LogP contribution in [0.2, 0.25) is 0 Å². The highest BCUT2D eigenvalue weighted by atomic mass is 16.6. The van der Waals surface area contributed by atoms with Crippen LogP contribution in [-0.4, -0.2) is 130 Å². The number of carbonyl (C=O) groups excluding carboxylic acids is 3. The van der Waals surface area contributed by atoms with Crippen LogP contribution < -0.4 is 0 Å². The van der Waals surface area contributed by atoms with Crippen molar-refractivity contribution in [1.82, 2.24) is 14.7 Å². The first kappa shape index (κ1) is 39.8. The van der Waals surface area contributed by atoms with Gasteiger partial charge in [-0.25, -0.2) is 9.59 Å². The molecule has 2 amide bonds. The van der Waals surface area contributed by atoms with Gasteiger partial charge in [0.1, 0.15) is 11.7 Å². The maximum atomic E-state index is 13.4. The van der Waals surface area contributed by atoms with Gasteiger partial charge in [-0.15, -0.1) is 0 Å². The fraction of sp³-hybridized carbons (Fsp3) is 0.763. The van der Waals surface area contributed by atoms with Crippen LogP contribution in [0, 0.1) is 11.8 Å². The fourth-order valence-electron chi connectivity index (χ4n) is 7.28. The number of amides is 2. The Morgan fingerprint density at radius 1 is 0.980 bits per heavy atom. The van der Waals surface area contributed by atoms with Gasteiger partial charge in [0.15, 0.2) is 6.10 Å². The van der Waals surface area contributed by atoms with Gasteiger partial charge in [0.05, 0.1) is 25.2 Å². The molecule has 1 aliphatic carbocycles. The second-order valence-corrected chi connectivity index (χ2v) is 15.1. The molecule has 4 rings (SSSR count). The summed E-state index contributed by atoms with van der Waals surface area (Å²) in [5.41, 5.74) is -0.726. The highest BCUT2D eigenvalue weighted by Gasteiger charge is 2.37. The minimum atomic E-state index is -1.48. The average Bonchev–Trinajstić information content (AvgIpc) is 3.34. The number of likely N-dealkylation sites (tertiary alicyclic amines) is 1. The van der Waals surface area contributed by atoms with E-state index in [1.807, 2.05) is 45.1 Å². The summed E-state index contributed by atoms with van der Waals surface area (Å²) in [4.78, 5) is 44.3. The molecule has 12 nitrogen and oxygen atoms in total. The van der Waals surface area contributed by atoms with E-state index in [1.54, 1.807) is 17.9 Å². The molecule has 0 aromatic carbocycles. The van der Waals surface area contributed by atoms with Crippen molar-refractivity contribution >= 4 is 18.2 Å². The summed E-state index contributed by atoms with van der Waals surface area (Å²) in [6.45, 7) is 10.9. The van der Waals surface area contributed by atoms with Crippen molar-refractivity contribution in [3.05, 3.63) is 36.0 Å². The average molecular weight is 704 g/mol. The molecular weight excluding hydrogens is 642 g/mol. The van der Waals surface area contributed by atoms with Gasteiger partial charge in [-0.1, -0.05) is 63.8 Å². The summed E-state index contributed by atoms with van der Waals surface area (Å²) in [5.74, 6) is -0.980. The first-order chi connectivity index (χ1) is 23.8. The molecule has 4 aliphatic rings. The Hall–Kier alpha value is -2.93. The van der Waals surface area contributed by atoms with Crippen molar-refractivity contribution in [2.75, 3.05) is 45.9 Å². The molecule has 0 aromatic rings. The summed E-state index contributed by atoms with van der Waals surface area (Å²) < 4.78 is 17.3. The maximum Gasteiger partial charge on any atom is 0.410 e. The Balaban J connectivity index is 1.39. The van der Waals surface area contributed by atoms with E-state index in [4.69, 9.17) is 14.2 Å². The first-order valence-electron chi connectivity index (χ1n) is 18.7. The van der Waals surface area contributed by atoms with E-state index in [9.17, 15) is 29.7 Å². The second kappa shape index (κ2) is 19.1. The number of hydrogen-bond donors (Lipinski definition) is 3. The van der Waals surface area contributed by atoms with Gasteiger partial charge in [-0.05, 0) is 57.6 Å². The lowest BCUT2D eigenvalue weighted by Crippen LogP contribution is -2.53. The molecule has 0 aromatic heterocycles. The Labute approximate surface area is 298 Å². The van der Waals surface area contributed by atoms with Crippen molar-refractivity contribution in [3.63, 3.8) is 0 Å². The number of esters is 1. The van der Waals surface area contributed by atoms with Crippen molar-refractivity contribution in [2.45, 2.75) is 128 Å². The van der Waals surface area contributed by atoms with Crippen molar-refractivity contribution in [3.8, 4) is 0 Å². The van der Waals surface area contributed by atoms with Crippen LogP contribution in [0.15, 0.2) is 36.0 Å². The number of β-amino-alcohol motifs (C(OH)–C–C–N with tert-alkyl or cyclic N) is 1.